The van der Waals surface area contributed by atoms with Gasteiger partial charge in [0.05, 0.1) is 37.1 Å². The minimum Gasteiger partial charge on any atom is -0.467 e. The fourth-order valence-electron chi connectivity index (χ4n) is 2.70. The highest BCUT2D eigenvalue weighted by Gasteiger charge is 2.15. The lowest BCUT2D eigenvalue weighted by Gasteiger charge is -2.17. The summed E-state index contributed by atoms with van der Waals surface area (Å²) < 4.78 is 10.1. The summed E-state index contributed by atoms with van der Waals surface area (Å²) in [5.74, 6) is -0.187. The summed E-state index contributed by atoms with van der Waals surface area (Å²) in [6.07, 6.45) is 2.26. The van der Waals surface area contributed by atoms with Gasteiger partial charge in [-0.05, 0) is 37.7 Å². The molecule has 0 spiro atoms. The molecule has 0 radical (unpaired) electrons. The number of rotatable bonds is 12. The maximum Gasteiger partial charge on any atom is 0.253 e. The lowest BCUT2D eigenvalue weighted by molar-refractivity contribution is -0.123. The number of hydrogen-bond donors (Lipinski definition) is 3. The van der Waals surface area contributed by atoms with Crippen molar-refractivity contribution in [3.8, 4) is 0 Å². The van der Waals surface area contributed by atoms with Crippen LogP contribution in [0.4, 0.5) is 5.69 Å². The third-order valence-electron chi connectivity index (χ3n) is 4.12. The van der Waals surface area contributed by atoms with Gasteiger partial charge in [0.1, 0.15) is 5.76 Å². The molecule has 1 aromatic carbocycles. The molecule has 0 saturated heterocycles. The van der Waals surface area contributed by atoms with Crippen LogP contribution in [0.1, 0.15) is 22.5 Å². The Morgan fingerprint density at radius 1 is 1.03 bits per heavy atom. The van der Waals surface area contributed by atoms with E-state index in [-0.39, 0.29) is 37.4 Å². The van der Waals surface area contributed by atoms with E-state index in [1.54, 1.807) is 55.5 Å². The zero-order valence-corrected chi connectivity index (χ0v) is 17.3. The van der Waals surface area contributed by atoms with Crippen LogP contribution in [0, 0.1) is 0 Å². The number of likely N-dealkylation sites (N-methyl/N-ethyl adjacent to an activating group) is 1. The first-order chi connectivity index (χ1) is 14.5. The van der Waals surface area contributed by atoms with E-state index in [1.165, 1.54) is 6.26 Å². The zero-order valence-electron chi connectivity index (χ0n) is 17.3. The van der Waals surface area contributed by atoms with Gasteiger partial charge >= 0.3 is 0 Å². The summed E-state index contributed by atoms with van der Waals surface area (Å²) in [5, 5.41) is 8.26. The largest absolute Gasteiger partial charge is 0.467 e. The number of nitrogens with zero attached hydrogens (tertiary/aromatic N) is 1. The number of furan rings is 1. The van der Waals surface area contributed by atoms with Crippen LogP contribution in [0.3, 0.4) is 0 Å². The second kappa shape index (κ2) is 12.4. The van der Waals surface area contributed by atoms with E-state index in [2.05, 4.69) is 16.0 Å². The Bertz CT molecular complexity index is 823. The summed E-state index contributed by atoms with van der Waals surface area (Å²) >= 11 is 0. The van der Waals surface area contributed by atoms with Crippen molar-refractivity contribution in [1.82, 2.24) is 15.5 Å². The topological polar surface area (TPSA) is 113 Å². The molecule has 162 valence electrons. The third kappa shape index (κ3) is 8.06. The number of ether oxygens (including phenoxy) is 1. The molecule has 30 heavy (non-hydrogen) atoms. The number of para-hydroxylation sites is 1. The number of amides is 3. The van der Waals surface area contributed by atoms with Crippen molar-refractivity contribution >= 4 is 23.4 Å². The molecule has 1 aromatic heterocycles. The van der Waals surface area contributed by atoms with Crippen molar-refractivity contribution in [3.05, 3.63) is 54.0 Å². The van der Waals surface area contributed by atoms with Crippen LogP contribution in [-0.4, -0.2) is 63.0 Å². The molecule has 2 aromatic rings. The SMILES string of the molecule is COCCCNC(=O)CN(C)CC(=O)Nc1ccccc1C(=O)NCc1ccco1. The number of anilines is 1. The molecule has 3 N–H and O–H groups in total. The average Bonchev–Trinajstić information content (AvgIpc) is 3.23. The maximum absolute atomic E-state index is 12.5. The molecular weight excluding hydrogens is 388 g/mol. The molecule has 0 aliphatic heterocycles. The smallest absolute Gasteiger partial charge is 0.253 e. The lowest BCUT2D eigenvalue weighted by Crippen LogP contribution is -2.39. The van der Waals surface area contributed by atoms with E-state index >= 15 is 0 Å². The Balaban J connectivity index is 1.83. The Kier molecular flexibility index (Phi) is 9.56. The van der Waals surface area contributed by atoms with Crippen LogP contribution in [0.25, 0.3) is 0 Å². The van der Waals surface area contributed by atoms with Crippen LogP contribution in [0.15, 0.2) is 47.1 Å². The van der Waals surface area contributed by atoms with Crippen molar-refractivity contribution in [1.29, 1.82) is 0 Å². The molecule has 0 unspecified atom stereocenters. The number of methoxy groups -OCH3 is 1. The van der Waals surface area contributed by atoms with Gasteiger partial charge in [0.25, 0.3) is 5.91 Å². The molecule has 9 nitrogen and oxygen atoms in total. The fourth-order valence-corrected chi connectivity index (χ4v) is 2.70. The molecule has 0 bridgehead atoms. The number of hydrogen-bond acceptors (Lipinski definition) is 6. The highest BCUT2D eigenvalue weighted by molar-refractivity contribution is 6.04. The normalized spacial score (nSPS) is 10.6. The molecule has 0 aliphatic rings. The highest BCUT2D eigenvalue weighted by Crippen LogP contribution is 2.15. The summed E-state index contributed by atoms with van der Waals surface area (Å²) in [7, 11) is 3.28. The first-order valence-corrected chi connectivity index (χ1v) is 9.63. The maximum atomic E-state index is 12.5. The monoisotopic (exact) mass is 416 g/mol. The highest BCUT2D eigenvalue weighted by atomic mass is 16.5. The van der Waals surface area contributed by atoms with Crippen LogP contribution in [0.5, 0.6) is 0 Å². The van der Waals surface area contributed by atoms with Crippen LogP contribution in [0.2, 0.25) is 0 Å². The number of nitrogens with one attached hydrogen (secondary N) is 3. The predicted octanol–water partition coefficient (Wildman–Crippen LogP) is 1.23. The third-order valence-corrected chi connectivity index (χ3v) is 4.12. The number of benzene rings is 1. The second-order valence-corrected chi connectivity index (χ2v) is 6.72. The average molecular weight is 416 g/mol. The van der Waals surface area contributed by atoms with Gasteiger partial charge in [-0.15, -0.1) is 0 Å². The first kappa shape index (κ1) is 23.1. The van der Waals surface area contributed by atoms with Crippen molar-refractivity contribution in [2.45, 2.75) is 13.0 Å². The minimum atomic E-state index is -0.328. The van der Waals surface area contributed by atoms with Gasteiger partial charge in [0.15, 0.2) is 0 Å². The van der Waals surface area contributed by atoms with Gasteiger partial charge in [0.2, 0.25) is 11.8 Å². The van der Waals surface area contributed by atoms with Crippen molar-refractivity contribution in [2.75, 3.05) is 45.7 Å². The zero-order chi connectivity index (χ0) is 21.8. The van der Waals surface area contributed by atoms with E-state index in [1.807, 2.05) is 0 Å². The van der Waals surface area contributed by atoms with Gasteiger partial charge < -0.3 is 25.1 Å². The van der Waals surface area contributed by atoms with Gasteiger partial charge in [0, 0.05) is 20.3 Å². The van der Waals surface area contributed by atoms with Gasteiger partial charge in [-0.1, -0.05) is 12.1 Å². The molecule has 3 amide bonds. The number of carbonyl (C=O) groups excluding carboxylic acids is 3. The predicted molar refractivity (Wildman–Crippen MR) is 112 cm³/mol. The van der Waals surface area contributed by atoms with Gasteiger partial charge in [-0.25, -0.2) is 0 Å². The van der Waals surface area contributed by atoms with E-state index in [0.717, 1.165) is 6.42 Å². The van der Waals surface area contributed by atoms with E-state index in [0.29, 0.717) is 30.2 Å². The molecule has 0 atom stereocenters. The Morgan fingerprint density at radius 3 is 2.53 bits per heavy atom. The first-order valence-electron chi connectivity index (χ1n) is 9.63. The molecule has 9 heteroatoms. The van der Waals surface area contributed by atoms with Crippen LogP contribution in [-0.2, 0) is 20.9 Å². The Labute approximate surface area is 175 Å². The Hall–Kier alpha value is -3.17. The van der Waals surface area contributed by atoms with Gasteiger partial charge in [-0.3, -0.25) is 19.3 Å². The molecular formula is C21H28N4O5. The molecule has 0 aliphatic carbocycles. The summed E-state index contributed by atoms with van der Waals surface area (Å²) in [6, 6.07) is 10.2. The standard InChI is InChI=1S/C21H28N4O5/c1-25(14-19(26)22-10-6-11-29-2)15-20(27)24-18-9-4-3-8-17(18)21(28)23-13-16-7-5-12-30-16/h3-5,7-9,12H,6,10-11,13-15H2,1-2H3,(H,22,26)(H,23,28)(H,24,27). The van der Waals surface area contributed by atoms with Crippen molar-refractivity contribution in [2.24, 2.45) is 0 Å². The molecule has 0 fully saturated rings. The number of carbonyl (C=O) groups is 3. The van der Waals surface area contributed by atoms with Crippen LogP contribution < -0.4 is 16.0 Å². The van der Waals surface area contributed by atoms with Crippen molar-refractivity contribution < 1.29 is 23.5 Å². The summed E-state index contributed by atoms with van der Waals surface area (Å²) in [5.41, 5.74) is 0.743. The molecule has 1 heterocycles. The molecule has 0 saturated carbocycles. The molecule has 2 rings (SSSR count). The quantitative estimate of drug-likeness (QED) is 0.449. The second-order valence-electron chi connectivity index (χ2n) is 6.72. The van der Waals surface area contributed by atoms with E-state index in [4.69, 9.17) is 9.15 Å². The van der Waals surface area contributed by atoms with Crippen LogP contribution >= 0.6 is 0 Å². The Morgan fingerprint density at radius 2 is 1.80 bits per heavy atom. The van der Waals surface area contributed by atoms with E-state index in [9.17, 15) is 14.4 Å². The lowest BCUT2D eigenvalue weighted by atomic mass is 10.1. The van der Waals surface area contributed by atoms with Gasteiger partial charge in [-0.2, -0.15) is 0 Å². The summed E-state index contributed by atoms with van der Waals surface area (Å²) in [6.45, 7) is 1.44. The summed E-state index contributed by atoms with van der Waals surface area (Å²) in [4.78, 5) is 38.3. The van der Waals surface area contributed by atoms with E-state index < -0.39 is 0 Å². The minimum absolute atomic E-state index is 0.00778. The van der Waals surface area contributed by atoms with Crippen molar-refractivity contribution in [3.63, 3.8) is 0 Å². The fraction of sp³-hybridized carbons (Fsp3) is 0.381.